The molecule has 98 valence electrons. The quantitative estimate of drug-likeness (QED) is 0.882. The zero-order valence-electron chi connectivity index (χ0n) is 11.1. The maximum absolute atomic E-state index is 12.0. The van der Waals surface area contributed by atoms with Crippen LogP contribution in [0.15, 0.2) is 42.6 Å². The fraction of sp³-hybridized carbons (Fsp3) is 0.200. The van der Waals surface area contributed by atoms with Crippen molar-refractivity contribution in [2.75, 3.05) is 17.2 Å². The molecule has 4 heteroatoms. The molecule has 2 aromatic rings. The van der Waals surface area contributed by atoms with Crippen LogP contribution in [-0.2, 0) is 0 Å². The van der Waals surface area contributed by atoms with Gasteiger partial charge in [0, 0.05) is 23.5 Å². The van der Waals surface area contributed by atoms with Gasteiger partial charge in [0.05, 0.1) is 11.9 Å². The molecule has 0 atom stereocenters. The van der Waals surface area contributed by atoms with Crippen molar-refractivity contribution in [1.82, 2.24) is 4.98 Å². The van der Waals surface area contributed by atoms with E-state index in [4.69, 9.17) is 0 Å². The van der Waals surface area contributed by atoms with Crippen molar-refractivity contribution in [1.29, 1.82) is 0 Å². The Morgan fingerprint density at radius 1 is 1.11 bits per heavy atom. The number of nitrogens with one attached hydrogen (secondary N) is 2. The zero-order valence-corrected chi connectivity index (χ0v) is 11.1. The fourth-order valence-electron chi connectivity index (χ4n) is 1.69. The number of hydrogen-bond acceptors (Lipinski definition) is 3. The number of hydrogen-bond donors (Lipinski definition) is 2. The van der Waals surface area contributed by atoms with Crippen molar-refractivity contribution in [3.63, 3.8) is 0 Å². The van der Waals surface area contributed by atoms with Crippen molar-refractivity contribution in [3.05, 3.63) is 53.9 Å². The summed E-state index contributed by atoms with van der Waals surface area (Å²) in [5, 5.41) is 6.00. The first-order valence-electron chi connectivity index (χ1n) is 6.27. The molecular formula is C15H17N3O. The minimum atomic E-state index is -0.131. The van der Waals surface area contributed by atoms with Crippen molar-refractivity contribution in [2.24, 2.45) is 0 Å². The highest BCUT2D eigenvalue weighted by Gasteiger charge is 2.05. The highest BCUT2D eigenvalue weighted by atomic mass is 16.1. The second-order valence-electron chi connectivity index (χ2n) is 4.25. The van der Waals surface area contributed by atoms with Crippen LogP contribution < -0.4 is 10.6 Å². The lowest BCUT2D eigenvalue weighted by atomic mass is 10.2. The SMILES string of the molecule is CCNc1ccc(C(=O)Nc2ccc(C)nc2)cc1. The van der Waals surface area contributed by atoms with Gasteiger partial charge in [-0.15, -0.1) is 0 Å². The normalized spacial score (nSPS) is 10.0. The van der Waals surface area contributed by atoms with Crippen LogP contribution in [0.5, 0.6) is 0 Å². The standard InChI is InChI=1S/C15H17N3O/c1-3-16-13-8-5-12(6-9-13)15(19)18-14-7-4-11(2)17-10-14/h4-10,16H,3H2,1-2H3,(H,18,19). The van der Waals surface area contributed by atoms with E-state index < -0.39 is 0 Å². The maximum Gasteiger partial charge on any atom is 0.255 e. The molecule has 0 fully saturated rings. The lowest BCUT2D eigenvalue weighted by Crippen LogP contribution is -2.12. The van der Waals surface area contributed by atoms with Gasteiger partial charge in [-0.1, -0.05) is 0 Å². The number of anilines is 2. The minimum absolute atomic E-state index is 0.131. The van der Waals surface area contributed by atoms with Gasteiger partial charge in [-0.3, -0.25) is 9.78 Å². The predicted octanol–water partition coefficient (Wildman–Crippen LogP) is 3.07. The first-order chi connectivity index (χ1) is 9.19. The Morgan fingerprint density at radius 2 is 1.79 bits per heavy atom. The van der Waals surface area contributed by atoms with E-state index >= 15 is 0 Å². The van der Waals surface area contributed by atoms with Crippen molar-refractivity contribution < 1.29 is 4.79 Å². The Labute approximate surface area is 112 Å². The fourth-order valence-corrected chi connectivity index (χ4v) is 1.69. The number of rotatable bonds is 4. The summed E-state index contributed by atoms with van der Waals surface area (Å²) in [6.07, 6.45) is 1.65. The monoisotopic (exact) mass is 255 g/mol. The molecule has 0 aliphatic carbocycles. The number of pyridine rings is 1. The smallest absolute Gasteiger partial charge is 0.255 e. The molecule has 0 radical (unpaired) electrons. The first kappa shape index (κ1) is 13.1. The minimum Gasteiger partial charge on any atom is -0.385 e. The summed E-state index contributed by atoms with van der Waals surface area (Å²) in [5.74, 6) is -0.131. The van der Waals surface area contributed by atoms with E-state index in [1.807, 2.05) is 38.1 Å². The number of carbonyl (C=O) groups is 1. The summed E-state index contributed by atoms with van der Waals surface area (Å²) in [6, 6.07) is 11.1. The molecule has 0 saturated heterocycles. The van der Waals surface area contributed by atoms with E-state index in [0.29, 0.717) is 11.3 Å². The van der Waals surface area contributed by atoms with Crippen LogP contribution >= 0.6 is 0 Å². The number of aromatic nitrogens is 1. The summed E-state index contributed by atoms with van der Waals surface area (Å²) < 4.78 is 0. The van der Waals surface area contributed by atoms with Gasteiger partial charge in [0.15, 0.2) is 0 Å². The maximum atomic E-state index is 12.0. The second kappa shape index (κ2) is 6.00. The van der Waals surface area contributed by atoms with Crippen LogP contribution in [0.4, 0.5) is 11.4 Å². The average Bonchev–Trinajstić information content (AvgIpc) is 2.42. The van der Waals surface area contributed by atoms with Crippen LogP contribution in [0.25, 0.3) is 0 Å². The average molecular weight is 255 g/mol. The molecule has 1 amide bonds. The van der Waals surface area contributed by atoms with Gasteiger partial charge in [0.25, 0.3) is 5.91 Å². The molecule has 4 nitrogen and oxygen atoms in total. The van der Waals surface area contributed by atoms with Crippen LogP contribution in [0.3, 0.4) is 0 Å². The van der Waals surface area contributed by atoms with Crippen LogP contribution in [0.1, 0.15) is 23.0 Å². The zero-order chi connectivity index (χ0) is 13.7. The molecule has 0 aliphatic heterocycles. The van der Waals surface area contributed by atoms with E-state index in [1.54, 1.807) is 18.3 Å². The van der Waals surface area contributed by atoms with Crippen molar-refractivity contribution in [3.8, 4) is 0 Å². The summed E-state index contributed by atoms with van der Waals surface area (Å²) in [4.78, 5) is 16.1. The van der Waals surface area contributed by atoms with E-state index in [9.17, 15) is 4.79 Å². The van der Waals surface area contributed by atoms with Crippen LogP contribution in [0.2, 0.25) is 0 Å². The van der Waals surface area contributed by atoms with E-state index in [2.05, 4.69) is 15.6 Å². The highest BCUT2D eigenvalue weighted by molar-refractivity contribution is 6.04. The molecule has 0 bridgehead atoms. The summed E-state index contributed by atoms with van der Waals surface area (Å²) >= 11 is 0. The molecule has 1 aromatic heterocycles. The Bertz CT molecular complexity index is 547. The van der Waals surface area contributed by atoms with Crippen LogP contribution in [0, 0.1) is 6.92 Å². The Morgan fingerprint density at radius 3 is 2.37 bits per heavy atom. The summed E-state index contributed by atoms with van der Waals surface area (Å²) in [6.45, 7) is 4.80. The molecule has 0 spiro atoms. The number of nitrogens with zero attached hydrogens (tertiary/aromatic N) is 1. The molecule has 2 rings (SSSR count). The first-order valence-corrected chi connectivity index (χ1v) is 6.27. The van der Waals surface area contributed by atoms with E-state index in [-0.39, 0.29) is 5.91 Å². The van der Waals surface area contributed by atoms with Gasteiger partial charge >= 0.3 is 0 Å². The topological polar surface area (TPSA) is 54.0 Å². The number of benzene rings is 1. The molecule has 1 heterocycles. The Hall–Kier alpha value is -2.36. The molecular weight excluding hydrogens is 238 g/mol. The van der Waals surface area contributed by atoms with E-state index in [0.717, 1.165) is 17.9 Å². The molecule has 2 N–H and O–H groups in total. The number of aryl methyl sites for hydroxylation is 1. The van der Waals surface area contributed by atoms with Gasteiger partial charge in [-0.2, -0.15) is 0 Å². The predicted molar refractivity (Wildman–Crippen MR) is 77.5 cm³/mol. The van der Waals surface area contributed by atoms with Gasteiger partial charge in [0.2, 0.25) is 0 Å². The lowest BCUT2D eigenvalue weighted by Gasteiger charge is -2.07. The lowest BCUT2D eigenvalue weighted by molar-refractivity contribution is 0.102. The van der Waals surface area contributed by atoms with E-state index in [1.165, 1.54) is 0 Å². The van der Waals surface area contributed by atoms with Gasteiger partial charge < -0.3 is 10.6 Å². The molecule has 0 unspecified atom stereocenters. The molecule has 1 aromatic carbocycles. The van der Waals surface area contributed by atoms with Gasteiger partial charge in [-0.05, 0) is 50.2 Å². The number of amides is 1. The summed E-state index contributed by atoms with van der Waals surface area (Å²) in [5.41, 5.74) is 3.26. The molecule has 19 heavy (non-hydrogen) atoms. The number of carbonyl (C=O) groups excluding carboxylic acids is 1. The van der Waals surface area contributed by atoms with Crippen LogP contribution in [-0.4, -0.2) is 17.4 Å². The third kappa shape index (κ3) is 3.55. The van der Waals surface area contributed by atoms with Crippen molar-refractivity contribution in [2.45, 2.75) is 13.8 Å². The Balaban J connectivity index is 2.05. The molecule has 0 aliphatic rings. The van der Waals surface area contributed by atoms with Gasteiger partial charge in [0.1, 0.15) is 0 Å². The van der Waals surface area contributed by atoms with Gasteiger partial charge in [-0.25, -0.2) is 0 Å². The third-order valence-corrected chi connectivity index (χ3v) is 2.70. The molecule has 0 saturated carbocycles. The Kier molecular flexibility index (Phi) is 4.13. The van der Waals surface area contributed by atoms with Crippen molar-refractivity contribution >= 4 is 17.3 Å². The summed E-state index contributed by atoms with van der Waals surface area (Å²) in [7, 11) is 0. The largest absolute Gasteiger partial charge is 0.385 e. The third-order valence-electron chi connectivity index (χ3n) is 2.70. The second-order valence-corrected chi connectivity index (χ2v) is 4.25. The highest BCUT2D eigenvalue weighted by Crippen LogP contribution is 2.12.